The standard InChI is InChI=1S/C12H18O4S3/c1-8(10(13)14)5-12(7-18,19-4-3-17)6-9(2)11(15)16/h5-6,17-18H,3-4,7H2,1-2H3,(H,13,14)(H,15,16). The molecule has 0 aliphatic carbocycles. The summed E-state index contributed by atoms with van der Waals surface area (Å²) in [5.74, 6) is -0.477. The van der Waals surface area contributed by atoms with Gasteiger partial charge in [-0.15, -0.1) is 11.8 Å². The molecule has 0 aliphatic heterocycles. The monoisotopic (exact) mass is 322 g/mol. The number of rotatable bonds is 8. The Morgan fingerprint density at radius 3 is 1.79 bits per heavy atom. The molecular weight excluding hydrogens is 304 g/mol. The van der Waals surface area contributed by atoms with Crippen LogP contribution in [0.25, 0.3) is 0 Å². The SMILES string of the molecule is CC(=CC(C=C(C)C(=O)O)(CS)SCCS)C(=O)O. The highest BCUT2D eigenvalue weighted by molar-refractivity contribution is 8.02. The molecule has 7 heteroatoms. The van der Waals surface area contributed by atoms with Crippen LogP contribution in [0.5, 0.6) is 0 Å². The molecule has 19 heavy (non-hydrogen) atoms. The third-order valence-electron chi connectivity index (χ3n) is 2.31. The van der Waals surface area contributed by atoms with Crippen LogP contribution in [0.1, 0.15) is 13.8 Å². The van der Waals surface area contributed by atoms with Gasteiger partial charge in [0.2, 0.25) is 0 Å². The van der Waals surface area contributed by atoms with Gasteiger partial charge in [0.1, 0.15) is 0 Å². The second-order valence-electron chi connectivity index (χ2n) is 3.95. The molecule has 0 aromatic rings. The van der Waals surface area contributed by atoms with Gasteiger partial charge >= 0.3 is 11.9 Å². The highest BCUT2D eigenvalue weighted by Crippen LogP contribution is 2.32. The largest absolute Gasteiger partial charge is 0.478 e. The number of hydrogen-bond donors (Lipinski definition) is 4. The van der Waals surface area contributed by atoms with Crippen molar-refractivity contribution in [2.75, 3.05) is 17.3 Å². The van der Waals surface area contributed by atoms with Crippen molar-refractivity contribution in [3.63, 3.8) is 0 Å². The Bertz CT molecular complexity index is 372. The maximum atomic E-state index is 10.9. The molecule has 0 aliphatic rings. The molecule has 4 nitrogen and oxygen atoms in total. The molecule has 0 radical (unpaired) electrons. The van der Waals surface area contributed by atoms with E-state index in [0.717, 1.165) is 0 Å². The molecule has 0 bridgehead atoms. The van der Waals surface area contributed by atoms with Gasteiger partial charge in [-0.2, -0.15) is 25.3 Å². The number of thiol groups is 2. The van der Waals surface area contributed by atoms with Gasteiger partial charge < -0.3 is 10.2 Å². The van der Waals surface area contributed by atoms with Crippen LogP contribution < -0.4 is 0 Å². The first-order valence-corrected chi connectivity index (χ1v) is 7.74. The van der Waals surface area contributed by atoms with E-state index in [1.165, 1.54) is 25.6 Å². The van der Waals surface area contributed by atoms with Crippen molar-refractivity contribution >= 4 is 49.0 Å². The predicted octanol–water partition coefficient (Wildman–Crippen LogP) is 2.38. The van der Waals surface area contributed by atoms with Gasteiger partial charge in [-0.1, -0.05) is 12.2 Å². The minimum Gasteiger partial charge on any atom is -0.478 e. The minimum atomic E-state index is -1.03. The molecule has 108 valence electrons. The lowest BCUT2D eigenvalue weighted by Crippen LogP contribution is -2.25. The number of carboxylic acids is 2. The first-order chi connectivity index (χ1) is 8.78. The van der Waals surface area contributed by atoms with Gasteiger partial charge in [0.05, 0.1) is 4.75 Å². The Labute approximate surface area is 128 Å². The molecular formula is C12H18O4S3. The Hall–Kier alpha value is -0.530. The van der Waals surface area contributed by atoms with Crippen LogP contribution in [-0.4, -0.2) is 44.2 Å². The smallest absolute Gasteiger partial charge is 0.331 e. The Kier molecular flexibility index (Phi) is 8.36. The number of hydrogen-bond acceptors (Lipinski definition) is 5. The van der Waals surface area contributed by atoms with Crippen LogP contribution in [0.3, 0.4) is 0 Å². The van der Waals surface area contributed by atoms with Crippen LogP contribution in [0.15, 0.2) is 23.3 Å². The van der Waals surface area contributed by atoms with Crippen molar-refractivity contribution in [1.82, 2.24) is 0 Å². The van der Waals surface area contributed by atoms with E-state index in [1.807, 2.05) is 0 Å². The summed E-state index contributed by atoms with van der Waals surface area (Å²) in [6.45, 7) is 2.96. The Balaban J connectivity index is 5.56. The molecule has 0 saturated heterocycles. The predicted molar refractivity (Wildman–Crippen MR) is 85.7 cm³/mol. The maximum Gasteiger partial charge on any atom is 0.331 e. The zero-order chi connectivity index (χ0) is 15.1. The van der Waals surface area contributed by atoms with Crippen molar-refractivity contribution in [3.05, 3.63) is 23.3 Å². The van der Waals surface area contributed by atoms with Crippen LogP contribution >= 0.6 is 37.0 Å². The number of carboxylic acid groups (broad SMARTS) is 2. The average molecular weight is 322 g/mol. The van der Waals surface area contributed by atoms with Gasteiger partial charge in [0, 0.05) is 22.7 Å². The summed E-state index contributed by atoms with van der Waals surface area (Å²) in [5.41, 5.74) is 0.324. The van der Waals surface area contributed by atoms with Crippen molar-refractivity contribution in [2.45, 2.75) is 18.6 Å². The van der Waals surface area contributed by atoms with Crippen LogP contribution in [0.4, 0.5) is 0 Å². The van der Waals surface area contributed by atoms with E-state index in [2.05, 4.69) is 25.3 Å². The molecule has 0 saturated carbocycles. The third-order valence-corrected chi connectivity index (χ3v) is 4.89. The normalized spacial score (nSPS) is 16.0. The summed E-state index contributed by atoms with van der Waals surface area (Å²) in [6.07, 6.45) is 3.09. The van der Waals surface area contributed by atoms with E-state index in [4.69, 9.17) is 10.2 Å². The summed E-state index contributed by atoms with van der Waals surface area (Å²) in [6, 6.07) is 0. The maximum absolute atomic E-state index is 10.9. The van der Waals surface area contributed by atoms with Crippen molar-refractivity contribution in [3.8, 4) is 0 Å². The molecule has 0 atom stereocenters. The zero-order valence-corrected chi connectivity index (χ0v) is 13.4. The lowest BCUT2D eigenvalue weighted by Gasteiger charge is -2.26. The van der Waals surface area contributed by atoms with Crippen LogP contribution in [-0.2, 0) is 9.59 Å². The van der Waals surface area contributed by atoms with E-state index in [9.17, 15) is 9.59 Å². The molecule has 0 aromatic heterocycles. The van der Waals surface area contributed by atoms with Gasteiger partial charge in [-0.3, -0.25) is 0 Å². The van der Waals surface area contributed by atoms with E-state index in [0.29, 0.717) is 17.3 Å². The zero-order valence-electron chi connectivity index (χ0n) is 10.8. The molecule has 0 heterocycles. The number of aliphatic carboxylic acids is 2. The lowest BCUT2D eigenvalue weighted by molar-refractivity contribution is -0.133. The second kappa shape index (κ2) is 8.60. The minimum absolute atomic E-state index is 0.162. The molecule has 0 aromatic carbocycles. The lowest BCUT2D eigenvalue weighted by atomic mass is 10.0. The summed E-state index contributed by atoms with van der Waals surface area (Å²) < 4.78 is -0.753. The number of thioether (sulfide) groups is 1. The molecule has 0 amide bonds. The van der Waals surface area contributed by atoms with Gasteiger partial charge in [-0.25, -0.2) is 9.59 Å². The summed E-state index contributed by atoms with van der Waals surface area (Å²) >= 11 is 9.78. The summed E-state index contributed by atoms with van der Waals surface area (Å²) in [5, 5.41) is 17.9. The Morgan fingerprint density at radius 1 is 1.11 bits per heavy atom. The Morgan fingerprint density at radius 2 is 1.53 bits per heavy atom. The van der Waals surface area contributed by atoms with Crippen LogP contribution in [0, 0.1) is 0 Å². The van der Waals surface area contributed by atoms with E-state index in [-0.39, 0.29) is 11.1 Å². The van der Waals surface area contributed by atoms with E-state index < -0.39 is 16.7 Å². The van der Waals surface area contributed by atoms with Crippen LogP contribution in [0.2, 0.25) is 0 Å². The first kappa shape index (κ1) is 18.5. The molecule has 2 N–H and O–H groups in total. The number of carbonyl (C=O) groups is 2. The molecule has 0 unspecified atom stereocenters. The fourth-order valence-electron chi connectivity index (χ4n) is 1.35. The van der Waals surface area contributed by atoms with Crippen molar-refractivity contribution in [1.29, 1.82) is 0 Å². The fraction of sp³-hybridized carbons (Fsp3) is 0.500. The molecule has 0 fully saturated rings. The third kappa shape index (κ3) is 6.44. The van der Waals surface area contributed by atoms with Gasteiger partial charge in [-0.05, 0) is 19.6 Å². The highest BCUT2D eigenvalue weighted by atomic mass is 32.2. The topological polar surface area (TPSA) is 74.6 Å². The molecule has 0 rings (SSSR count). The highest BCUT2D eigenvalue weighted by Gasteiger charge is 2.26. The van der Waals surface area contributed by atoms with Crippen molar-refractivity contribution in [2.24, 2.45) is 0 Å². The quantitative estimate of drug-likeness (QED) is 0.408. The van der Waals surface area contributed by atoms with Gasteiger partial charge in [0.15, 0.2) is 0 Å². The molecule has 0 spiro atoms. The van der Waals surface area contributed by atoms with Gasteiger partial charge in [0.25, 0.3) is 0 Å². The second-order valence-corrected chi connectivity index (χ2v) is 6.17. The van der Waals surface area contributed by atoms with E-state index in [1.54, 1.807) is 12.2 Å². The average Bonchev–Trinajstić information content (AvgIpc) is 2.35. The summed E-state index contributed by atoms with van der Waals surface area (Å²) in [7, 11) is 0. The van der Waals surface area contributed by atoms with E-state index >= 15 is 0 Å². The fourth-order valence-corrected chi connectivity index (χ4v) is 3.17. The first-order valence-electron chi connectivity index (χ1n) is 5.49. The van der Waals surface area contributed by atoms with Crippen molar-refractivity contribution < 1.29 is 19.8 Å². The summed E-state index contributed by atoms with van der Waals surface area (Å²) in [4.78, 5) is 21.9.